The van der Waals surface area contributed by atoms with Crippen molar-refractivity contribution >= 4 is 11.4 Å². The van der Waals surface area contributed by atoms with E-state index >= 15 is 0 Å². The quantitative estimate of drug-likeness (QED) is 0.578. The Morgan fingerprint density at radius 2 is 1.86 bits per heavy atom. The van der Waals surface area contributed by atoms with Crippen LogP contribution in [0.5, 0.6) is 0 Å². The van der Waals surface area contributed by atoms with Gasteiger partial charge in [0, 0.05) is 5.71 Å². The monoisotopic (exact) mass is 283 g/mol. The largest absolute Gasteiger partial charge is 0.258 e. The third-order valence-corrected chi connectivity index (χ3v) is 4.76. The van der Waals surface area contributed by atoms with Crippen molar-refractivity contribution in [1.82, 2.24) is 0 Å². The predicted octanol–water partition coefficient (Wildman–Crippen LogP) is 6.11. The van der Waals surface area contributed by atoms with Gasteiger partial charge < -0.3 is 0 Å². The standard InChI is InChI=1S/C20H29N/c1-4-20(19-13-9-6-10-14-19)21-17(3)16(2)15-18-11-7-5-8-12-18/h4,6,9-10,13-14,16,18H,5,7-8,11-12,15H2,1-3H3/b20-4-,21-17?. The van der Waals surface area contributed by atoms with E-state index < -0.39 is 0 Å². The second-order valence-corrected chi connectivity index (χ2v) is 6.43. The highest BCUT2D eigenvalue weighted by atomic mass is 14.8. The molecule has 1 saturated carbocycles. The van der Waals surface area contributed by atoms with Crippen LogP contribution in [0, 0.1) is 11.8 Å². The van der Waals surface area contributed by atoms with Crippen LogP contribution < -0.4 is 0 Å². The van der Waals surface area contributed by atoms with Gasteiger partial charge in [-0.25, -0.2) is 0 Å². The summed E-state index contributed by atoms with van der Waals surface area (Å²) in [6, 6.07) is 10.5. The zero-order chi connectivity index (χ0) is 15.1. The van der Waals surface area contributed by atoms with Gasteiger partial charge in [-0.05, 0) is 37.7 Å². The van der Waals surface area contributed by atoms with E-state index in [1.165, 1.54) is 49.8 Å². The lowest BCUT2D eigenvalue weighted by Gasteiger charge is -2.24. The third-order valence-electron chi connectivity index (χ3n) is 4.76. The fourth-order valence-corrected chi connectivity index (χ4v) is 3.30. The first-order valence-corrected chi connectivity index (χ1v) is 8.47. The summed E-state index contributed by atoms with van der Waals surface area (Å²) in [6.07, 6.45) is 10.6. The SMILES string of the molecule is C/C=C(\N=C(C)C(C)CC1CCCCC1)c1ccccc1. The lowest BCUT2D eigenvalue weighted by molar-refractivity contribution is 0.321. The highest BCUT2D eigenvalue weighted by Gasteiger charge is 2.18. The number of benzene rings is 1. The molecule has 1 aliphatic rings. The van der Waals surface area contributed by atoms with Crippen LogP contribution in [-0.2, 0) is 0 Å². The Hall–Kier alpha value is -1.37. The van der Waals surface area contributed by atoms with E-state index in [1.54, 1.807) is 0 Å². The van der Waals surface area contributed by atoms with Crippen molar-refractivity contribution in [2.45, 2.75) is 59.3 Å². The minimum Gasteiger partial charge on any atom is -0.258 e. The highest BCUT2D eigenvalue weighted by Crippen LogP contribution is 2.30. The van der Waals surface area contributed by atoms with Gasteiger partial charge in [0.2, 0.25) is 0 Å². The van der Waals surface area contributed by atoms with E-state index in [0.717, 1.165) is 11.6 Å². The molecule has 1 fully saturated rings. The van der Waals surface area contributed by atoms with E-state index in [4.69, 9.17) is 4.99 Å². The molecule has 0 spiro atoms. The molecule has 1 unspecified atom stereocenters. The number of allylic oxidation sites excluding steroid dienone is 1. The maximum atomic E-state index is 4.91. The zero-order valence-corrected chi connectivity index (χ0v) is 13.8. The molecule has 114 valence electrons. The van der Waals surface area contributed by atoms with E-state index in [-0.39, 0.29) is 0 Å². The molecule has 0 radical (unpaired) electrons. The molecule has 0 aromatic heterocycles. The molecule has 1 atom stereocenters. The van der Waals surface area contributed by atoms with Crippen LogP contribution >= 0.6 is 0 Å². The van der Waals surface area contributed by atoms with Crippen molar-refractivity contribution in [3.05, 3.63) is 42.0 Å². The molecule has 0 amide bonds. The van der Waals surface area contributed by atoms with Crippen molar-refractivity contribution in [2.24, 2.45) is 16.8 Å². The van der Waals surface area contributed by atoms with Crippen LogP contribution in [0.25, 0.3) is 5.70 Å². The summed E-state index contributed by atoms with van der Waals surface area (Å²) in [5, 5.41) is 0. The summed E-state index contributed by atoms with van der Waals surface area (Å²) < 4.78 is 0. The topological polar surface area (TPSA) is 12.4 Å². The minimum atomic E-state index is 0.590. The van der Waals surface area contributed by atoms with E-state index in [1.807, 2.05) is 0 Å². The number of nitrogens with zero attached hydrogens (tertiary/aromatic N) is 1. The maximum absolute atomic E-state index is 4.91. The number of hydrogen-bond donors (Lipinski definition) is 0. The first-order chi connectivity index (χ1) is 10.2. The Labute approximate surface area is 130 Å². The summed E-state index contributed by atoms with van der Waals surface area (Å²) in [5.74, 6) is 1.51. The van der Waals surface area contributed by atoms with Gasteiger partial charge in [0.1, 0.15) is 0 Å². The highest BCUT2D eigenvalue weighted by molar-refractivity contribution is 5.89. The Morgan fingerprint density at radius 3 is 2.48 bits per heavy atom. The molecular weight excluding hydrogens is 254 g/mol. The first kappa shape index (κ1) is 16.0. The third kappa shape index (κ3) is 4.84. The second kappa shape index (κ2) is 8.17. The molecule has 21 heavy (non-hydrogen) atoms. The Bertz CT molecular complexity index is 478. The van der Waals surface area contributed by atoms with Gasteiger partial charge in [-0.3, -0.25) is 4.99 Å². The van der Waals surface area contributed by atoms with Gasteiger partial charge in [-0.15, -0.1) is 0 Å². The summed E-state index contributed by atoms with van der Waals surface area (Å²) in [6.45, 7) is 6.61. The van der Waals surface area contributed by atoms with Crippen molar-refractivity contribution < 1.29 is 0 Å². The molecule has 2 rings (SSSR count). The summed E-state index contributed by atoms with van der Waals surface area (Å²) in [4.78, 5) is 4.91. The van der Waals surface area contributed by atoms with Gasteiger partial charge in [-0.1, -0.05) is 75.4 Å². The summed E-state index contributed by atoms with van der Waals surface area (Å²) in [7, 11) is 0. The average Bonchev–Trinajstić information content (AvgIpc) is 2.54. The molecule has 1 aliphatic carbocycles. The smallest absolute Gasteiger partial charge is 0.0658 e. The van der Waals surface area contributed by atoms with Gasteiger partial charge in [0.15, 0.2) is 0 Å². The molecule has 1 aromatic carbocycles. The van der Waals surface area contributed by atoms with Crippen molar-refractivity contribution in [2.75, 3.05) is 0 Å². The van der Waals surface area contributed by atoms with E-state index in [9.17, 15) is 0 Å². The molecule has 0 N–H and O–H groups in total. The van der Waals surface area contributed by atoms with Crippen LogP contribution in [0.4, 0.5) is 0 Å². The van der Waals surface area contributed by atoms with Crippen molar-refractivity contribution in [3.63, 3.8) is 0 Å². The van der Waals surface area contributed by atoms with Crippen LogP contribution in [-0.4, -0.2) is 5.71 Å². The minimum absolute atomic E-state index is 0.590. The lowest BCUT2D eigenvalue weighted by Crippen LogP contribution is -2.15. The van der Waals surface area contributed by atoms with E-state index in [2.05, 4.69) is 57.2 Å². The predicted molar refractivity (Wildman–Crippen MR) is 93.6 cm³/mol. The average molecular weight is 283 g/mol. The lowest BCUT2D eigenvalue weighted by atomic mass is 9.82. The van der Waals surface area contributed by atoms with Crippen molar-refractivity contribution in [1.29, 1.82) is 0 Å². The van der Waals surface area contributed by atoms with Crippen molar-refractivity contribution in [3.8, 4) is 0 Å². The van der Waals surface area contributed by atoms with Crippen LogP contribution in [0.15, 0.2) is 41.4 Å². The van der Waals surface area contributed by atoms with Crippen LogP contribution in [0.1, 0.15) is 64.9 Å². The normalized spacial score (nSPS) is 19.6. The molecule has 0 saturated heterocycles. The molecule has 1 nitrogen and oxygen atoms in total. The van der Waals surface area contributed by atoms with Crippen LogP contribution in [0.3, 0.4) is 0 Å². The number of aliphatic imine (C=N–C) groups is 1. The summed E-state index contributed by atoms with van der Waals surface area (Å²) in [5.41, 5.74) is 3.59. The Balaban J connectivity index is 2.01. The van der Waals surface area contributed by atoms with Gasteiger partial charge in [0.05, 0.1) is 5.70 Å². The van der Waals surface area contributed by atoms with Gasteiger partial charge in [-0.2, -0.15) is 0 Å². The molecule has 0 bridgehead atoms. The number of hydrogen-bond acceptors (Lipinski definition) is 1. The molecule has 1 heteroatoms. The molecule has 0 aliphatic heterocycles. The van der Waals surface area contributed by atoms with Crippen LogP contribution in [0.2, 0.25) is 0 Å². The molecule has 1 aromatic rings. The Kier molecular flexibility index (Phi) is 6.22. The summed E-state index contributed by atoms with van der Waals surface area (Å²) >= 11 is 0. The molecular formula is C20H29N. The fourth-order valence-electron chi connectivity index (χ4n) is 3.30. The van der Waals surface area contributed by atoms with Gasteiger partial charge in [0.25, 0.3) is 0 Å². The molecule has 0 heterocycles. The first-order valence-electron chi connectivity index (χ1n) is 8.47. The zero-order valence-electron chi connectivity index (χ0n) is 13.8. The Morgan fingerprint density at radius 1 is 1.19 bits per heavy atom. The van der Waals surface area contributed by atoms with E-state index in [0.29, 0.717) is 5.92 Å². The van der Waals surface area contributed by atoms with Gasteiger partial charge >= 0.3 is 0 Å². The second-order valence-electron chi connectivity index (χ2n) is 6.43. The maximum Gasteiger partial charge on any atom is 0.0658 e. The fraction of sp³-hybridized carbons (Fsp3) is 0.550. The number of rotatable bonds is 5.